The fraction of sp³-hybridized carbons (Fsp3) is 0.462. The van der Waals surface area contributed by atoms with Gasteiger partial charge in [-0.3, -0.25) is 4.79 Å². The topological polar surface area (TPSA) is 70.6 Å². The first-order chi connectivity index (χ1) is 8.70. The van der Waals surface area contributed by atoms with Crippen LogP contribution in [0.5, 0.6) is 11.5 Å². The van der Waals surface area contributed by atoms with Gasteiger partial charge in [-0.15, -0.1) is 0 Å². The third-order valence-electron chi connectivity index (χ3n) is 3.12. The van der Waals surface area contributed by atoms with E-state index in [4.69, 9.17) is 4.74 Å². The number of hydrogen-bond acceptors (Lipinski definition) is 4. The largest absolute Gasteiger partial charge is 0.507 e. The highest BCUT2D eigenvalue weighted by atomic mass is 16.5. The Bertz CT molecular complexity index is 434. The number of hydrogen-bond donors (Lipinski definition) is 3. The molecule has 1 unspecified atom stereocenters. The second-order valence-corrected chi connectivity index (χ2v) is 4.36. The molecule has 1 amide bonds. The van der Waals surface area contributed by atoms with Crippen molar-refractivity contribution >= 4 is 5.91 Å². The number of nitrogens with one attached hydrogen (secondary N) is 2. The number of methoxy groups -OCH3 is 1. The first-order valence-electron chi connectivity index (χ1n) is 6.07. The minimum atomic E-state index is -0.166. The van der Waals surface area contributed by atoms with Crippen molar-refractivity contribution in [1.29, 1.82) is 0 Å². The molecule has 98 valence electrons. The summed E-state index contributed by atoms with van der Waals surface area (Å²) >= 11 is 0. The molecular weight excluding hydrogens is 232 g/mol. The zero-order chi connectivity index (χ0) is 13.0. The van der Waals surface area contributed by atoms with Crippen molar-refractivity contribution in [3.63, 3.8) is 0 Å². The Balaban J connectivity index is 1.95. The standard InChI is InChI=1S/C13H18N2O3/c1-18-10-5-4-9(12(16)7-10)8-15-11-3-2-6-14-13(11)17/h4-5,7,11,15-16H,2-3,6,8H2,1H3,(H,14,17). The Hall–Kier alpha value is -1.75. The molecule has 1 aliphatic heterocycles. The number of aromatic hydroxyl groups is 1. The van der Waals surface area contributed by atoms with Crippen LogP contribution in [0, 0.1) is 0 Å². The van der Waals surface area contributed by atoms with E-state index in [0.29, 0.717) is 12.3 Å². The van der Waals surface area contributed by atoms with Gasteiger partial charge in [0.1, 0.15) is 11.5 Å². The third-order valence-corrected chi connectivity index (χ3v) is 3.12. The van der Waals surface area contributed by atoms with Crippen LogP contribution in [0.2, 0.25) is 0 Å². The van der Waals surface area contributed by atoms with Gasteiger partial charge in [0, 0.05) is 24.7 Å². The number of phenols is 1. The van der Waals surface area contributed by atoms with Crippen LogP contribution in [-0.2, 0) is 11.3 Å². The lowest BCUT2D eigenvalue weighted by Crippen LogP contribution is -2.47. The Labute approximate surface area is 106 Å². The number of ether oxygens (including phenoxy) is 1. The summed E-state index contributed by atoms with van der Waals surface area (Å²) in [4.78, 5) is 11.5. The molecule has 1 aromatic carbocycles. The second kappa shape index (κ2) is 5.73. The smallest absolute Gasteiger partial charge is 0.237 e. The average molecular weight is 250 g/mol. The van der Waals surface area contributed by atoms with E-state index < -0.39 is 0 Å². The van der Waals surface area contributed by atoms with Gasteiger partial charge >= 0.3 is 0 Å². The highest BCUT2D eigenvalue weighted by molar-refractivity contribution is 5.82. The van der Waals surface area contributed by atoms with Gasteiger partial charge in [0.15, 0.2) is 0 Å². The maximum atomic E-state index is 11.5. The molecule has 0 saturated carbocycles. The van der Waals surface area contributed by atoms with Gasteiger partial charge in [-0.2, -0.15) is 0 Å². The van der Waals surface area contributed by atoms with Crippen molar-refractivity contribution in [2.24, 2.45) is 0 Å². The van der Waals surface area contributed by atoms with Gasteiger partial charge in [0.05, 0.1) is 13.2 Å². The zero-order valence-electron chi connectivity index (χ0n) is 10.4. The summed E-state index contributed by atoms with van der Waals surface area (Å²) in [7, 11) is 1.55. The zero-order valence-corrected chi connectivity index (χ0v) is 10.4. The van der Waals surface area contributed by atoms with Gasteiger partial charge in [0.25, 0.3) is 0 Å². The number of benzene rings is 1. The summed E-state index contributed by atoms with van der Waals surface area (Å²) in [5, 5.41) is 15.8. The van der Waals surface area contributed by atoms with E-state index in [2.05, 4.69) is 10.6 Å². The van der Waals surface area contributed by atoms with Crippen LogP contribution < -0.4 is 15.4 Å². The first kappa shape index (κ1) is 12.7. The number of carbonyl (C=O) groups is 1. The van der Waals surface area contributed by atoms with Crippen LogP contribution >= 0.6 is 0 Å². The van der Waals surface area contributed by atoms with Gasteiger partial charge in [-0.05, 0) is 18.9 Å². The van der Waals surface area contributed by atoms with E-state index in [0.717, 1.165) is 24.9 Å². The van der Waals surface area contributed by atoms with Crippen LogP contribution in [0.4, 0.5) is 0 Å². The van der Waals surface area contributed by atoms with Crippen LogP contribution in [0.15, 0.2) is 18.2 Å². The monoisotopic (exact) mass is 250 g/mol. The van der Waals surface area contributed by atoms with Crippen LogP contribution in [0.25, 0.3) is 0 Å². The predicted molar refractivity (Wildman–Crippen MR) is 67.5 cm³/mol. The fourth-order valence-corrected chi connectivity index (χ4v) is 2.02. The Morgan fingerprint density at radius 1 is 1.56 bits per heavy atom. The molecule has 5 heteroatoms. The molecule has 5 nitrogen and oxygen atoms in total. The van der Waals surface area contributed by atoms with E-state index in [1.54, 1.807) is 25.3 Å². The minimum Gasteiger partial charge on any atom is -0.507 e. The fourth-order valence-electron chi connectivity index (χ4n) is 2.02. The molecule has 0 aromatic heterocycles. The summed E-state index contributed by atoms with van der Waals surface area (Å²) in [6.07, 6.45) is 1.82. The highest BCUT2D eigenvalue weighted by Gasteiger charge is 2.21. The molecule has 18 heavy (non-hydrogen) atoms. The van der Waals surface area contributed by atoms with Gasteiger partial charge in [0.2, 0.25) is 5.91 Å². The molecular formula is C13H18N2O3. The molecule has 1 saturated heterocycles. The molecule has 3 N–H and O–H groups in total. The summed E-state index contributed by atoms with van der Waals surface area (Å²) in [6.45, 7) is 1.22. The molecule has 2 rings (SSSR count). The normalized spacial score (nSPS) is 19.4. The SMILES string of the molecule is COc1ccc(CNC2CCCNC2=O)c(O)c1. The lowest BCUT2D eigenvalue weighted by Gasteiger charge is -2.23. The first-order valence-corrected chi connectivity index (χ1v) is 6.07. The molecule has 0 spiro atoms. The van der Waals surface area contributed by atoms with E-state index in [9.17, 15) is 9.90 Å². The van der Waals surface area contributed by atoms with Crippen molar-refractivity contribution in [1.82, 2.24) is 10.6 Å². The molecule has 1 fully saturated rings. The summed E-state index contributed by atoms with van der Waals surface area (Å²) in [5.74, 6) is 0.832. The van der Waals surface area contributed by atoms with E-state index in [-0.39, 0.29) is 17.7 Å². The summed E-state index contributed by atoms with van der Waals surface area (Å²) < 4.78 is 5.02. The predicted octanol–water partition coefficient (Wildman–Crippen LogP) is 0.769. The summed E-state index contributed by atoms with van der Waals surface area (Å²) in [6, 6.07) is 4.98. The van der Waals surface area contributed by atoms with Crippen LogP contribution in [0.3, 0.4) is 0 Å². The van der Waals surface area contributed by atoms with Crippen molar-refractivity contribution in [3.05, 3.63) is 23.8 Å². The molecule has 1 atom stereocenters. The van der Waals surface area contributed by atoms with Gasteiger partial charge in [-0.25, -0.2) is 0 Å². The lowest BCUT2D eigenvalue weighted by molar-refractivity contribution is -0.124. The maximum Gasteiger partial charge on any atom is 0.237 e. The number of carbonyl (C=O) groups excluding carboxylic acids is 1. The van der Waals surface area contributed by atoms with Crippen LogP contribution in [-0.4, -0.2) is 30.7 Å². The third kappa shape index (κ3) is 2.92. The molecule has 1 heterocycles. The van der Waals surface area contributed by atoms with Crippen molar-refractivity contribution < 1.29 is 14.6 Å². The Morgan fingerprint density at radius 2 is 2.39 bits per heavy atom. The highest BCUT2D eigenvalue weighted by Crippen LogP contribution is 2.23. The molecule has 0 bridgehead atoms. The van der Waals surface area contributed by atoms with Gasteiger partial charge in [-0.1, -0.05) is 6.07 Å². The number of piperidine rings is 1. The number of amides is 1. The quantitative estimate of drug-likeness (QED) is 0.738. The molecule has 1 aromatic rings. The second-order valence-electron chi connectivity index (χ2n) is 4.36. The van der Waals surface area contributed by atoms with E-state index in [1.165, 1.54) is 0 Å². The molecule has 1 aliphatic rings. The summed E-state index contributed by atoms with van der Waals surface area (Å²) in [5.41, 5.74) is 0.758. The van der Waals surface area contributed by atoms with E-state index >= 15 is 0 Å². The molecule has 0 radical (unpaired) electrons. The number of phenolic OH excluding ortho intramolecular Hbond substituents is 1. The Morgan fingerprint density at radius 3 is 3.06 bits per heavy atom. The van der Waals surface area contributed by atoms with Gasteiger partial charge < -0.3 is 20.5 Å². The minimum absolute atomic E-state index is 0.0363. The van der Waals surface area contributed by atoms with Crippen LogP contribution in [0.1, 0.15) is 18.4 Å². The number of rotatable bonds is 4. The van der Waals surface area contributed by atoms with E-state index in [1.807, 2.05) is 0 Å². The van der Waals surface area contributed by atoms with Crippen molar-refractivity contribution in [2.75, 3.05) is 13.7 Å². The van der Waals surface area contributed by atoms with Crippen molar-refractivity contribution in [2.45, 2.75) is 25.4 Å². The average Bonchev–Trinajstić information content (AvgIpc) is 2.39. The lowest BCUT2D eigenvalue weighted by atomic mass is 10.1. The molecule has 0 aliphatic carbocycles. The Kier molecular flexibility index (Phi) is 4.04. The van der Waals surface area contributed by atoms with Crippen molar-refractivity contribution in [3.8, 4) is 11.5 Å². The maximum absolute atomic E-state index is 11.5.